The first-order chi connectivity index (χ1) is 11.5. The maximum atomic E-state index is 13.9. The first-order valence-electron chi connectivity index (χ1n) is 7.83. The average Bonchev–Trinajstić information content (AvgIpc) is 2.53. The number of benzene rings is 1. The lowest BCUT2D eigenvalue weighted by molar-refractivity contribution is -0.122. The smallest absolute Gasteiger partial charge is 0.222 e. The quantitative estimate of drug-likeness (QED) is 0.690. The number of halogens is 2. The molecule has 0 aromatic heterocycles. The molecule has 24 heavy (non-hydrogen) atoms. The van der Waals surface area contributed by atoms with Crippen LogP contribution in [-0.4, -0.2) is 31.4 Å². The minimum Gasteiger partial charge on any atom is -0.352 e. The number of carbonyl (C=O) groups is 2. The molecule has 0 aliphatic carbocycles. The molecule has 130 valence electrons. The number of rotatable bonds is 6. The summed E-state index contributed by atoms with van der Waals surface area (Å²) in [5.41, 5.74) is 1.22. The van der Waals surface area contributed by atoms with Gasteiger partial charge in [-0.1, -0.05) is 17.7 Å². The van der Waals surface area contributed by atoms with Gasteiger partial charge in [-0.2, -0.15) is 0 Å². The largest absolute Gasteiger partial charge is 0.352 e. The Morgan fingerprint density at radius 1 is 1.33 bits per heavy atom. The van der Waals surface area contributed by atoms with Gasteiger partial charge in [-0.3, -0.25) is 9.59 Å². The Bertz CT molecular complexity index is 647. The van der Waals surface area contributed by atoms with E-state index < -0.39 is 23.6 Å². The summed E-state index contributed by atoms with van der Waals surface area (Å²) in [4.78, 5) is 23.5. The van der Waals surface area contributed by atoms with Crippen molar-refractivity contribution in [2.24, 2.45) is 0 Å². The molecule has 1 aromatic carbocycles. The molecular weight excluding hydrogens is 316 g/mol. The first kappa shape index (κ1) is 18.1. The van der Waals surface area contributed by atoms with Gasteiger partial charge in [0.25, 0.3) is 0 Å². The molecule has 0 saturated heterocycles. The van der Waals surface area contributed by atoms with Crippen molar-refractivity contribution in [1.82, 2.24) is 16.0 Å². The van der Waals surface area contributed by atoms with Crippen LogP contribution in [-0.2, 0) is 9.59 Å². The molecule has 0 spiro atoms. The summed E-state index contributed by atoms with van der Waals surface area (Å²) in [7, 11) is 0. The summed E-state index contributed by atoms with van der Waals surface area (Å²) < 4.78 is 27.0. The molecule has 1 aliphatic heterocycles. The Morgan fingerprint density at radius 3 is 2.75 bits per heavy atom. The van der Waals surface area contributed by atoms with Crippen molar-refractivity contribution in [3.8, 4) is 0 Å². The monoisotopic (exact) mass is 337 g/mol. The molecule has 1 aliphatic rings. The van der Waals surface area contributed by atoms with Crippen LogP contribution in [0.5, 0.6) is 0 Å². The van der Waals surface area contributed by atoms with Gasteiger partial charge in [0, 0.05) is 31.6 Å². The van der Waals surface area contributed by atoms with E-state index in [0.29, 0.717) is 6.54 Å². The van der Waals surface area contributed by atoms with E-state index in [-0.39, 0.29) is 17.9 Å². The summed E-state index contributed by atoms with van der Waals surface area (Å²) in [6.07, 6.45) is 2.77. The van der Waals surface area contributed by atoms with Crippen molar-refractivity contribution in [2.45, 2.75) is 25.8 Å². The second-order valence-corrected chi connectivity index (χ2v) is 5.72. The van der Waals surface area contributed by atoms with E-state index in [9.17, 15) is 18.4 Å². The highest BCUT2D eigenvalue weighted by molar-refractivity contribution is 5.79. The maximum Gasteiger partial charge on any atom is 0.222 e. The SMILES string of the molecule is CC(=O)NC(CC(=O)NCC1=CCNCC1)c1ccc(F)cc1F. The zero-order valence-corrected chi connectivity index (χ0v) is 13.5. The van der Waals surface area contributed by atoms with Crippen LogP contribution in [0.2, 0.25) is 0 Å². The fourth-order valence-corrected chi connectivity index (χ4v) is 2.57. The molecule has 3 N–H and O–H groups in total. The molecule has 0 bridgehead atoms. The van der Waals surface area contributed by atoms with Gasteiger partial charge in [-0.25, -0.2) is 8.78 Å². The molecule has 2 rings (SSSR count). The van der Waals surface area contributed by atoms with Crippen LogP contribution in [0.3, 0.4) is 0 Å². The molecule has 1 heterocycles. The van der Waals surface area contributed by atoms with Crippen molar-refractivity contribution < 1.29 is 18.4 Å². The van der Waals surface area contributed by atoms with E-state index in [1.54, 1.807) is 0 Å². The summed E-state index contributed by atoms with van der Waals surface area (Å²) in [6.45, 7) is 3.36. The van der Waals surface area contributed by atoms with Gasteiger partial charge >= 0.3 is 0 Å². The minimum atomic E-state index is -0.842. The third kappa shape index (κ3) is 5.42. The molecular formula is C17H21F2N3O2. The number of carbonyl (C=O) groups excluding carboxylic acids is 2. The van der Waals surface area contributed by atoms with Gasteiger partial charge in [0.15, 0.2) is 0 Å². The van der Waals surface area contributed by atoms with E-state index >= 15 is 0 Å². The van der Waals surface area contributed by atoms with Crippen LogP contribution >= 0.6 is 0 Å². The van der Waals surface area contributed by atoms with Crippen molar-refractivity contribution in [3.05, 3.63) is 47.0 Å². The Balaban J connectivity index is 2.01. The van der Waals surface area contributed by atoms with Gasteiger partial charge in [0.2, 0.25) is 11.8 Å². The van der Waals surface area contributed by atoms with Gasteiger partial charge in [-0.15, -0.1) is 0 Å². The molecule has 1 aromatic rings. The molecule has 2 amide bonds. The van der Waals surface area contributed by atoms with Crippen molar-refractivity contribution in [2.75, 3.05) is 19.6 Å². The van der Waals surface area contributed by atoms with E-state index in [1.807, 2.05) is 6.08 Å². The highest BCUT2D eigenvalue weighted by Gasteiger charge is 2.21. The lowest BCUT2D eigenvalue weighted by Crippen LogP contribution is -2.34. The normalized spacial score (nSPS) is 15.4. The Hall–Kier alpha value is -2.28. The highest BCUT2D eigenvalue weighted by Crippen LogP contribution is 2.21. The Labute approximate surface area is 139 Å². The van der Waals surface area contributed by atoms with E-state index in [0.717, 1.165) is 37.2 Å². The predicted octanol–water partition coefficient (Wildman–Crippen LogP) is 1.57. The van der Waals surface area contributed by atoms with Gasteiger partial charge in [-0.05, 0) is 19.0 Å². The topological polar surface area (TPSA) is 70.2 Å². The van der Waals surface area contributed by atoms with Crippen molar-refractivity contribution in [1.29, 1.82) is 0 Å². The summed E-state index contributed by atoms with van der Waals surface area (Å²) in [6, 6.07) is 2.24. The van der Waals surface area contributed by atoms with Crippen LogP contribution < -0.4 is 16.0 Å². The molecule has 0 fully saturated rings. The van der Waals surface area contributed by atoms with Gasteiger partial charge in [0.1, 0.15) is 11.6 Å². The molecule has 7 heteroatoms. The number of amides is 2. The summed E-state index contributed by atoms with van der Waals surface area (Å²) in [5, 5.41) is 8.49. The van der Waals surface area contributed by atoms with Crippen molar-refractivity contribution in [3.63, 3.8) is 0 Å². The summed E-state index contributed by atoms with van der Waals surface area (Å²) in [5.74, 6) is -2.20. The summed E-state index contributed by atoms with van der Waals surface area (Å²) >= 11 is 0. The van der Waals surface area contributed by atoms with Gasteiger partial charge < -0.3 is 16.0 Å². The zero-order chi connectivity index (χ0) is 17.5. The van der Waals surface area contributed by atoms with Crippen LogP contribution in [0, 0.1) is 11.6 Å². The lowest BCUT2D eigenvalue weighted by atomic mass is 10.0. The Morgan fingerprint density at radius 2 is 2.12 bits per heavy atom. The molecule has 1 unspecified atom stereocenters. The lowest BCUT2D eigenvalue weighted by Gasteiger charge is -2.20. The minimum absolute atomic E-state index is 0.0860. The number of hydrogen-bond donors (Lipinski definition) is 3. The number of nitrogens with one attached hydrogen (secondary N) is 3. The maximum absolute atomic E-state index is 13.9. The van der Waals surface area contributed by atoms with Crippen LogP contribution in [0.1, 0.15) is 31.4 Å². The van der Waals surface area contributed by atoms with Crippen LogP contribution in [0.15, 0.2) is 29.8 Å². The third-order valence-electron chi connectivity index (χ3n) is 3.78. The fraction of sp³-hybridized carbons (Fsp3) is 0.412. The van der Waals surface area contributed by atoms with E-state index in [4.69, 9.17) is 0 Å². The van der Waals surface area contributed by atoms with Crippen LogP contribution in [0.25, 0.3) is 0 Å². The second kappa shape index (κ2) is 8.54. The highest BCUT2D eigenvalue weighted by atomic mass is 19.1. The molecule has 0 saturated carbocycles. The average molecular weight is 337 g/mol. The molecule has 1 atom stereocenters. The fourth-order valence-electron chi connectivity index (χ4n) is 2.57. The van der Waals surface area contributed by atoms with Gasteiger partial charge in [0.05, 0.1) is 12.5 Å². The first-order valence-corrected chi connectivity index (χ1v) is 7.83. The molecule has 0 radical (unpaired) electrons. The van der Waals surface area contributed by atoms with Crippen molar-refractivity contribution >= 4 is 11.8 Å². The van der Waals surface area contributed by atoms with Crippen LogP contribution in [0.4, 0.5) is 8.78 Å². The zero-order valence-electron chi connectivity index (χ0n) is 13.5. The standard InChI is InChI=1S/C17H21F2N3O2/c1-11(23)22-16(14-3-2-13(18)8-15(14)19)9-17(24)21-10-12-4-6-20-7-5-12/h2-4,8,16,20H,5-7,9-10H2,1H3,(H,21,24)(H,22,23). The number of hydrogen-bond acceptors (Lipinski definition) is 3. The van der Waals surface area contributed by atoms with E-state index in [1.165, 1.54) is 13.0 Å². The predicted molar refractivity (Wildman–Crippen MR) is 86.1 cm³/mol. The third-order valence-corrected chi connectivity index (χ3v) is 3.78. The van der Waals surface area contributed by atoms with E-state index in [2.05, 4.69) is 16.0 Å². The molecule has 5 nitrogen and oxygen atoms in total. The Kier molecular flexibility index (Phi) is 6.43. The second-order valence-electron chi connectivity index (χ2n) is 5.72.